The Labute approximate surface area is 116 Å². The number of H-pyrrole nitrogens is 1. The number of nitrogens with one attached hydrogen (secondary N) is 2. The summed E-state index contributed by atoms with van der Waals surface area (Å²) in [4.78, 5) is 14.8. The van der Waals surface area contributed by atoms with Crippen LogP contribution in [0, 0.1) is 0 Å². The fraction of sp³-hybridized carbons (Fsp3) is 0.214. The van der Waals surface area contributed by atoms with E-state index in [1.54, 1.807) is 30.5 Å². The molecule has 0 bridgehead atoms. The Balaban J connectivity index is 1.98. The first-order valence-electron chi connectivity index (χ1n) is 5.97. The van der Waals surface area contributed by atoms with Crippen LogP contribution in [-0.2, 0) is 11.2 Å². The van der Waals surface area contributed by atoms with E-state index in [0.29, 0.717) is 5.02 Å². The molecule has 0 fully saturated rings. The van der Waals surface area contributed by atoms with E-state index in [1.165, 1.54) is 0 Å². The van der Waals surface area contributed by atoms with Gasteiger partial charge < -0.3 is 15.4 Å². The van der Waals surface area contributed by atoms with E-state index in [2.05, 4.69) is 10.3 Å². The molecule has 0 aliphatic rings. The molecule has 0 spiro atoms. The molecule has 0 aliphatic carbocycles. The minimum Gasteiger partial charge on any atom is -0.394 e. The quantitative estimate of drug-likeness (QED) is 0.784. The van der Waals surface area contributed by atoms with Crippen molar-refractivity contribution in [2.24, 2.45) is 0 Å². The number of hydrogen-bond acceptors (Lipinski definition) is 2. The number of hydrogen-bond donors (Lipinski definition) is 3. The van der Waals surface area contributed by atoms with E-state index in [4.69, 9.17) is 11.6 Å². The smallest absolute Gasteiger partial charge is 0.226 e. The van der Waals surface area contributed by atoms with Crippen LogP contribution in [0.25, 0.3) is 0 Å². The first kappa shape index (κ1) is 13.6. The second kappa shape index (κ2) is 6.41. The van der Waals surface area contributed by atoms with E-state index < -0.39 is 6.04 Å². The minimum absolute atomic E-state index is 0.142. The fourth-order valence-corrected chi connectivity index (χ4v) is 1.95. The Bertz CT molecular complexity index is 523. The molecule has 0 aliphatic heterocycles. The maximum atomic E-state index is 11.9. The normalized spacial score (nSPS) is 12.1. The van der Waals surface area contributed by atoms with Crippen LogP contribution in [0.2, 0.25) is 5.02 Å². The third kappa shape index (κ3) is 3.84. The number of aromatic amines is 1. The van der Waals surface area contributed by atoms with Crippen molar-refractivity contribution in [3.63, 3.8) is 0 Å². The van der Waals surface area contributed by atoms with Gasteiger partial charge in [0.1, 0.15) is 0 Å². The van der Waals surface area contributed by atoms with Gasteiger partial charge in [-0.3, -0.25) is 4.79 Å². The summed E-state index contributed by atoms with van der Waals surface area (Å²) in [5.41, 5.74) is 1.66. The lowest BCUT2D eigenvalue weighted by molar-refractivity contribution is -0.121. The molecule has 2 aromatic rings. The highest BCUT2D eigenvalue weighted by Gasteiger charge is 2.14. The summed E-state index contributed by atoms with van der Waals surface area (Å²) in [5, 5.41) is 12.8. The molecular formula is C14H15ClN2O2. The number of halogens is 1. The zero-order valence-electron chi connectivity index (χ0n) is 10.3. The minimum atomic E-state index is -0.417. The van der Waals surface area contributed by atoms with E-state index in [0.717, 1.165) is 11.3 Å². The average Bonchev–Trinajstić information content (AvgIpc) is 2.90. The highest BCUT2D eigenvalue weighted by atomic mass is 35.5. The number of aliphatic hydroxyl groups is 1. The van der Waals surface area contributed by atoms with Gasteiger partial charge >= 0.3 is 0 Å². The second-order valence-corrected chi connectivity index (χ2v) is 4.66. The Kier molecular flexibility index (Phi) is 4.60. The molecule has 1 atom stereocenters. The highest BCUT2D eigenvalue weighted by Crippen LogP contribution is 2.16. The van der Waals surface area contributed by atoms with Crippen LogP contribution in [0.1, 0.15) is 17.3 Å². The number of aromatic nitrogens is 1. The highest BCUT2D eigenvalue weighted by molar-refractivity contribution is 6.30. The molecule has 0 radical (unpaired) electrons. The maximum absolute atomic E-state index is 11.9. The van der Waals surface area contributed by atoms with Gasteiger partial charge in [-0.15, -0.1) is 0 Å². The monoisotopic (exact) mass is 278 g/mol. The Morgan fingerprint density at radius 1 is 1.32 bits per heavy atom. The Morgan fingerprint density at radius 3 is 2.63 bits per heavy atom. The van der Waals surface area contributed by atoms with Gasteiger partial charge in [-0.2, -0.15) is 0 Å². The van der Waals surface area contributed by atoms with E-state index in [-0.39, 0.29) is 18.9 Å². The lowest BCUT2D eigenvalue weighted by Gasteiger charge is -2.16. The zero-order chi connectivity index (χ0) is 13.7. The van der Waals surface area contributed by atoms with Crippen molar-refractivity contribution in [1.29, 1.82) is 0 Å². The van der Waals surface area contributed by atoms with Gasteiger partial charge in [-0.25, -0.2) is 0 Å². The van der Waals surface area contributed by atoms with Gasteiger partial charge in [0, 0.05) is 16.9 Å². The number of aliphatic hydroxyl groups excluding tert-OH is 1. The third-order valence-corrected chi connectivity index (χ3v) is 3.06. The van der Waals surface area contributed by atoms with Crippen molar-refractivity contribution in [2.75, 3.05) is 6.61 Å². The number of carbonyl (C=O) groups excluding carboxylic acids is 1. The molecule has 3 N–H and O–H groups in total. The zero-order valence-corrected chi connectivity index (χ0v) is 11.0. The summed E-state index contributed by atoms with van der Waals surface area (Å²) in [6, 6.07) is 10.3. The SMILES string of the molecule is O=C(Cc1ccc[nH]1)NC(CO)c1ccc(Cl)cc1. The summed E-state index contributed by atoms with van der Waals surface area (Å²) >= 11 is 5.81. The summed E-state index contributed by atoms with van der Waals surface area (Å²) in [6.45, 7) is -0.155. The molecule has 0 saturated heterocycles. The average molecular weight is 279 g/mol. The van der Waals surface area contributed by atoms with Crippen LogP contribution in [0.15, 0.2) is 42.6 Å². The molecule has 1 amide bonds. The van der Waals surface area contributed by atoms with Gasteiger partial charge in [0.25, 0.3) is 0 Å². The molecule has 19 heavy (non-hydrogen) atoms. The number of benzene rings is 1. The molecule has 4 nitrogen and oxygen atoms in total. The molecule has 0 saturated carbocycles. The number of carbonyl (C=O) groups is 1. The molecular weight excluding hydrogens is 264 g/mol. The molecule has 5 heteroatoms. The van der Waals surface area contributed by atoms with E-state index >= 15 is 0 Å². The Hall–Kier alpha value is -1.78. The standard InChI is InChI=1S/C14H15ClN2O2/c15-11-5-3-10(4-6-11)13(9-18)17-14(19)8-12-2-1-7-16-12/h1-7,13,16,18H,8-9H2,(H,17,19). The van der Waals surface area contributed by atoms with Gasteiger partial charge in [0.05, 0.1) is 19.1 Å². The number of rotatable bonds is 5. The predicted octanol–water partition coefficient (Wildman–Crippen LogP) is 2.06. The van der Waals surface area contributed by atoms with Gasteiger partial charge in [0.15, 0.2) is 0 Å². The fourth-order valence-electron chi connectivity index (χ4n) is 1.83. The molecule has 2 rings (SSSR count). The molecule has 1 unspecified atom stereocenters. The van der Waals surface area contributed by atoms with Crippen LogP contribution < -0.4 is 5.32 Å². The van der Waals surface area contributed by atoms with Crippen molar-refractivity contribution >= 4 is 17.5 Å². The molecule has 100 valence electrons. The van der Waals surface area contributed by atoms with E-state index in [9.17, 15) is 9.90 Å². The Morgan fingerprint density at radius 2 is 2.05 bits per heavy atom. The van der Waals surface area contributed by atoms with Crippen LogP contribution in [0.4, 0.5) is 0 Å². The van der Waals surface area contributed by atoms with Crippen LogP contribution >= 0.6 is 11.6 Å². The summed E-state index contributed by atoms with van der Waals surface area (Å²) in [5.74, 6) is -0.142. The second-order valence-electron chi connectivity index (χ2n) is 4.23. The molecule has 1 aromatic carbocycles. The summed E-state index contributed by atoms with van der Waals surface area (Å²) < 4.78 is 0. The topological polar surface area (TPSA) is 65.1 Å². The first-order valence-corrected chi connectivity index (χ1v) is 6.35. The van der Waals surface area contributed by atoms with Gasteiger partial charge in [0.2, 0.25) is 5.91 Å². The predicted molar refractivity (Wildman–Crippen MR) is 73.9 cm³/mol. The largest absolute Gasteiger partial charge is 0.394 e. The first-order chi connectivity index (χ1) is 9.19. The van der Waals surface area contributed by atoms with Crippen LogP contribution in [-0.4, -0.2) is 22.6 Å². The van der Waals surface area contributed by atoms with Crippen LogP contribution in [0.5, 0.6) is 0 Å². The van der Waals surface area contributed by atoms with Crippen molar-refractivity contribution in [2.45, 2.75) is 12.5 Å². The lowest BCUT2D eigenvalue weighted by atomic mass is 10.1. The summed E-state index contributed by atoms with van der Waals surface area (Å²) in [7, 11) is 0. The third-order valence-electron chi connectivity index (χ3n) is 2.80. The van der Waals surface area contributed by atoms with Crippen molar-refractivity contribution < 1.29 is 9.90 Å². The van der Waals surface area contributed by atoms with Gasteiger partial charge in [-0.1, -0.05) is 23.7 Å². The van der Waals surface area contributed by atoms with Crippen molar-refractivity contribution in [1.82, 2.24) is 10.3 Å². The maximum Gasteiger partial charge on any atom is 0.226 e. The van der Waals surface area contributed by atoms with E-state index in [1.807, 2.05) is 12.1 Å². The van der Waals surface area contributed by atoms with Gasteiger partial charge in [-0.05, 0) is 29.8 Å². The van der Waals surface area contributed by atoms with Crippen molar-refractivity contribution in [3.8, 4) is 0 Å². The van der Waals surface area contributed by atoms with Crippen LogP contribution in [0.3, 0.4) is 0 Å². The number of amides is 1. The van der Waals surface area contributed by atoms with Crippen molar-refractivity contribution in [3.05, 3.63) is 58.9 Å². The molecule has 1 heterocycles. The lowest BCUT2D eigenvalue weighted by Crippen LogP contribution is -2.32. The summed E-state index contributed by atoms with van der Waals surface area (Å²) in [6.07, 6.45) is 2.03. The molecule has 1 aromatic heterocycles.